The highest BCUT2D eigenvalue weighted by Crippen LogP contribution is 2.42. The smallest absolute Gasteiger partial charge is 0.406 e. The minimum Gasteiger partial charge on any atom is -0.406 e. The fourth-order valence-electron chi connectivity index (χ4n) is 11.1. The quantitative estimate of drug-likeness (QED) is 0.0563. The van der Waals surface area contributed by atoms with Gasteiger partial charge in [-0.1, -0.05) is 52.0 Å². The van der Waals surface area contributed by atoms with Crippen molar-refractivity contribution in [3.63, 3.8) is 0 Å². The number of aryl methyl sites for hydroxylation is 2. The Morgan fingerprint density at radius 3 is 1.63 bits per heavy atom. The molecule has 4 aromatic carbocycles. The molecule has 0 atom stereocenters. The maximum atomic E-state index is 15.0. The summed E-state index contributed by atoms with van der Waals surface area (Å²) in [5.41, 5.74) is 3.00. The van der Waals surface area contributed by atoms with Gasteiger partial charge in [0.05, 0.1) is 44.8 Å². The Bertz CT molecular complexity index is 3310. The van der Waals surface area contributed by atoms with Crippen LogP contribution in [0.2, 0.25) is 0 Å². The highest BCUT2D eigenvalue weighted by atomic mass is 32.2. The first-order chi connectivity index (χ1) is 37.7. The van der Waals surface area contributed by atoms with Gasteiger partial charge >= 0.3 is 12.7 Å². The van der Waals surface area contributed by atoms with Crippen LogP contribution < -0.4 is 28.8 Å². The van der Waals surface area contributed by atoms with E-state index in [9.17, 15) is 34.8 Å². The van der Waals surface area contributed by atoms with Crippen molar-refractivity contribution in [1.82, 2.24) is 14.8 Å². The number of ether oxygens (including phenoxy) is 3. The molecule has 22 heteroatoms. The van der Waals surface area contributed by atoms with Gasteiger partial charge in [0.2, 0.25) is 25.9 Å². The Balaban J connectivity index is 0.973. The van der Waals surface area contributed by atoms with Crippen molar-refractivity contribution in [3.8, 4) is 11.5 Å². The molecule has 426 valence electrons. The number of sulfone groups is 2. The second-order valence-electron chi connectivity index (χ2n) is 20.2. The number of aromatic nitrogens is 2. The molecule has 0 bridgehead atoms. The SMILES string of the molecule is CCc1ccc(S(=O)(=O)c2cnc3ccc(OC(F)(F)F)cc3c2N2CCC(N3CCC(O[n+]4cc(S(=O)(=O)c5ccc(CC)cc5)c(N5CCC(OCCN(CC)CC)CC5)c5cc(OC(F)(F)F)ccc54)CC3)CC2)cc1. The van der Waals surface area contributed by atoms with Crippen LogP contribution in [0.4, 0.5) is 37.7 Å². The van der Waals surface area contributed by atoms with E-state index in [1.54, 1.807) is 36.4 Å². The normalized spacial score (nSPS) is 17.1. The van der Waals surface area contributed by atoms with Gasteiger partial charge in [-0.15, -0.1) is 26.3 Å². The molecule has 0 saturated carbocycles. The molecule has 14 nitrogen and oxygen atoms in total. The van der Waals surface area contributed by atoms with E-state index in [-0.39, 0.29) is 53.9 Å². The molecule has 6 aromatic rings. The van der Waals surface area contributed by atoms with Crippen LogP contribution in [0.25, 0.3) is 21.8 Å². The predicted octanol–water partition coefficient (Wildman–Crippen LogP) is 10.2. The lowest BCUT2D eigenvalue weighted by molar-refractivity contribution is -0.881. The first kappa shape index (κ1) is 57.7. The molecular weight excluding hydrogens is 1070 g/mol. The average Bonchev–Trinajstić information content (AvgIpc) is 3.64. The van der Waals surface area contributed by atoms with Crippen molar-refractivity contribution in [2.75, 3.05) is 75.3 Å². The van der Waals surface area contributed by atoms with Crippen LogP contribution in [-0.2, 0) is 37.3 Å². The lowest BCUT2D eigenvalue weighted by atomic mass is 9.98. The number of halogens is 6. The second-order valence-corrected chi connectivity index (χ2v) is 24.1. The molecule has 5 heterocycles. The zero-order valence-corrected chi connectivity index (χ0v) is 46.4. The van der Waals surface area contributed by atoms with E-state index in [0.29, 0.717) is 108 Å². The van der Waals surface area contributed by atoms with Crippen LogP contribution in [0, 0.1) is 0 Å². The van der Waals surface area contributed by atoms with E-state index in [0.717, 1.165) is 36.8 Å². The lowest BCUT2D eigenvalue weighted by Gasteiger charge is -2.42. The fraction of sp³-hybridized carbons (Fsp3) is 0.474. The van der Waals surface area contributed by atoms with Crippen LogP contribution >= 0.6 is 0 Å². The molecule has 0 unspecified atom stereocenters. The van der Waals surface area contributed by atoms with E-state index in [2.05, 4.69) is 38.1 Å². The Kier molecular flexibility index (Phi) is 17.6. The van der Waals surface area contributed by atoms with Crippen molar-refractivity contribution in [3.05, 3.63) is 108 Å². The third kappa shape index (κ3) is 13.3. The molecule has 2 aromatic heterocycles. The van der Waals surface area contributed by atoms with Crippen LogP contribution in [0.15, 0.2) is 117 Å². The average molecular weight is 1140 g/mol. The van der Waals surface area contributed by atoms with Gasteiger partial charge in [-0.3, -0.25) is 14.7 Å². The summed E-state index contributed by atoms with van der Waals surface area (Å²) in [7, 11) is -8.53. The molecule has 3 aliphatic rings. The van der Waals surface area contributed by atoms with E-state index in [1.807, 2.05) is 23.6 Å². The van der Waals surface area contributed by atoms with E-state index >= 15 is 8.42 Å². The molecular formula is C57H67F6N6O8S2+. The maximum absolute atomic E-state index is 15.0. The Morgan fingerprint density at radius 2 is 1.10 bits per heavy atom. The number of benzene rings is 4. The minimum absolute atomic E-state index is 0.0189. The zero-order chi connectivity index (χ0) is 56.3. The summed E-state index contributed by atoms with van der Waals surface area (Å²) >= 11 is 0. The highest BCUT2D eigenvalue weighted by molar-refractivity contribution is 7.92. The van der Waals surface area contributed by atoms with Crippen molar-refractivity contribution >= 4 is 52.9 Å². The monoisotopic (exact) mass is 1140 g/mol. The largest absolute Gasteiger partial charge is 0.573 e. The number of anilines is 2. The number of likely N-dealkylation sites (tertiary alicyclic amines) is 1. The summed E-state index contributed by atoms with van der Waals surface area (Å²) in [6, 6.07) is 20.7. The molecule has 3 fully saturated rings. The number of pyridine rings is 2. The Hall–Kier alpha value is -5.94. The van der Waals surface area contributed by atoms with Crippen molar-refractivity contribution in [1.29, 1.82) is 0 Å². The Labute approximate surface area is 457 Å². The first-order valence-corrected chi connectivity index (χ1v) is 30.0. The summed E-state index contributed by atoms with van der Waals surface area (Å²) in [5, 5.41) is 0.405. The van der Waals surface area contributed by atoms with Gasteiger partial charge in [-0.05, 0) is 117 Å². The zero-order valence-electron chi connectivity index (χ0n) is 44.7. The number of alkyl halides is 6. The van der Waals surface area contributed by atoms with Gasteiger partial charge in [0.25, 0.3) is 5.52 Å². The molecule has 3 aliphatic heterocycles. The minimum atomic E-state index is -5.02. The number of hydrogen-bond donors (Lipinski definition) is 0. The van der Waals surface area contributed by atoms with Gasteiger partial charge in [0.1, 0.15) is 16.4 Å². The molecule has 79 heavy (non-hydrogen) atoms. The molecule has 9 rings (SSSR count). The van der Waals surface area contributed by atoms with Gasteiger partial charge < -0.3 is 28.9 Å². The van der Waals surface area contributed by atoms with Crippen molar-refractivity contribution < 1.29 is 67.0 Å². The highest BCUT2D eigenvalue weighted by Gasteiger charge is 2.39. The third-order valence-electron chi connectivity index (χ3n) is 15.5. The van der Waals surface area contributed by atoms with Gasteiger partial charge in [0, 0.05) is 87.1 Å². The van der Waals surface area contributed by atoms with Crippen LogP contribution in [0.1, 0.15) is 77.3 Å². The van der Waals surface area contributed by atoms with E-state index in [1.165, 1.54) is 59.6 Å². The number of fused-ring (bicyclic) bond motifs is 2. The standard InChI is InChI=1S/C57H67F6N6O8S2/c1-5-39-9-15-46(16-10-39)78(70,71)52-37-64-50-19-13-44(75-56(58,59)60)35-48(50)54(52)67-27-21-41(22-28-67)66-29-25-43(26-30-66)77-69-38-53(79(72,73)47-17-11-40(6-2)12-18-47)55(49-36-45(14-20-51(49)69)76-57(61,62)63)68-31-23-42(24-32-68)74-34-33-65(7-3)8-4/h9-20,35-38,41-43H,5-8,21-34H2,1-4H3/q+1. The van der Waals surface area contributed by atoms with Gasteiger partial charge in [0.15, 0.2) is 11.0 Å². The Morgan fingerprint density at radius 1 is 0.608 bits per heavy atom. The third-order valence-corrected chi connectivity index (χ3v) is 19.0. The molecule has 3 saturated heterocycles. The molecule has 0 spiro atoms. The number of rotatable bonds is 19. The predicted molar refractivity (Wildman–Crippen MR) is 287 cm³/mol. The van der Waals surface area contributed by atoms with E-state index in [4.69, 9.17) is 9.57 Å². The molecule has 0 aliphatic carbocycles. The van der Waals surface area contributed by atoms with Crippen molar-refractivity contribution in [2.24, 2.45) is 0 Å². The first-order valence-electron chi connectivity index (χ1n) is 27.1. The molecule has 0 radical (unpaired) electrons. The van der Waals surface area contributed by atoms with E-state index < -0.39 is 50.0 Å². The number of hydrogen-bond acceptors (Lipinski definition) is 13. The van der Waals surface area contributed by atoms with Crippen LogP contribution in [0.3, 0.4) is 0 Å². The summed E-state index contributed by atoms with van der Waals surface area (Å²) in [5.74, 6) is -1.02. The van der Waals surface area contributed by atoms with Gasteiger partial charge in [-0.25, -0.2) is 16.8 Å². The molecule has 0 N–H and O–H groups in total. The summed E-state index contributed by atoms with van der Waals surface area (Å²) in [4.78, 5) is 19.3. The van der Waals surface area contributed by atoms with Crippen LogP contribution in [-0.4, -0.2) is 128 Å². The summed E-state index contributed by atoms with van der Waals surface area (Å²) in [6.07, 6.45) is -3.16. The summed E-state index contributed by atoms with van der Waals surface area (Å²) < 4.78 is 157. The summed E-state index contributed by atoms with van der Waals surface area (Å²) in [6.45, 7) is 13.8. The fourth-order valence-corrected chi connectivity index (χ4v) is 14.0. The van der Waals surface area contributed by atoms with Crippen LogP contribution in [0.5, 0.6) is 11.5 Å². The maximum Gasteiger partial charge on any atom is 0.573 e. The number of nitrogens with zero attached hydrogens (tertiary/aromatic N) is 6. The number of likely N-dealkylation sites (N-methyl/N-ethyl adjacent to an activating group) is 1. The topological polar surface area (TPSA) is 135 Å². The van der Waals surface area contributed by atoms with Gasteiger partial charge in [-0.2, -0.15) is 0 Å². The number of piperidine rings is 3. The van der Waals surface area contributed by atoms with Crippen molar-refractivity contribution in [2.45, 2.75) is 130 Å². The second kappa shape index (κ2) is 24.0. The molecule has 0 amide bonds. The lowest BCUT2D eigenvalue weighted by Crippen LogP contribution is -2.54.